The SMILES string of the molecule is COC(=O)N(F)c1ccc(-c2ccc(O)c3c2C[C@H]2C[C@H]4CC(=O)C(C(N)=O)C(=O)[C@@]4(O)C(=O)C2C3=O)cc1. The number of amides is 2. The van der Waals surface area contributed by atoms with Crippen LogP contribution in [0.3, 0.4) is 0 Å². The van der Waals surface area contributed by atoms with E-state index in [2.05, 4.69) is 4.74 Å². The van der Waals surface area contributed by atoms with E-state index in [1.807, 2.05) is 0 Å². The number of phenols is 1. The van der Waals surface area contributed by atoms with E-state index in [0.717, 1.165) is 7.11 Å². The number of nitrogens with two attached hydrogens (primary N) is 1. The van der Waals surface area contributed by atoms with E-state index in [1.165, 1.54) is 30.3 Å². The van der Waals surface area contributed by atoms with Gasteiger partial charge in [-0.1, -0.05) is 22.7 Å². The molecule has 0 aliphatic heterocycles. The summed E-state index contributed by atoms with van der Waals surface area (Å²) in [4.78, 5) is 75.9. The molecule has 0 saturated heterocycles. The van der Waals surface area contributed by atoms with Crippen LogP contribution in [-0.2, 0) is 30.3 Å². The van der Waals surface area contributed by atoms with Crippen LogP contribution in [0.5, 0.6) is 5.75 Å². The van der Waals surface area contributed by atoms with Crippen LogP contribution < -0.4 is 10.9 Å². The van der Waals surface area contributed by atoms with Crippen molar-refractivity contribution in [3.05, 3.63) is 47.5 Å². The number of ketones is 4. The second-order valence-electron chi connectivity index (χ2n) is 10.0. The average Bonchev–Trinajstić information content (AvgIpc) is 2.90. The molecular weight excluding hydrogens is 515 g/mol. The van der Waals surface area contributed by atoms with Gasteiger partial charge in [-0.15, -0.1) is 5.12 Å². The Kier molecular flexibility index (Phi) is 6.10. The lowest BCUT2D eigenvalue weighted by atomic mass is 9.53. The summed E-state index contributed by atoms with van der Waals surface area (Å²) >= 11 is 0. The normalized spacial score (nSPS) is 27.8. The lowest BCUT2D eigenvalue weighted by molar-refractivity contribution is -0.175. The Hall–Kier alpha value is -4.45. The third-order valence-electron chi connectivity index (χ3n) is 8.03. The van der Waals surface area contributed by atoms with Crippen LogP contribution in [0, 0.1) is 23.7 Å². The highest BCUT2D eigenvalue weighted by Gasteiger charge is 2.66. The number of carbonyl (C=O) groups excluding carboxylic acids is 6. The Morgan fingerprint density at radius 1 is 1.05 bits per heavy atom. The number of ether oxygens (including phenoxy) is 1. The molecule has 4 N–H and O–H groups in total. The Morgan fingerprint density at radius 2 is 1.72 bits per heavy atom. The second-order valence-corrected chi connectivity index (χ2v) is 10.0. The van der Waals surface area contributed by atoms with Crippen LogP contribution in [0.1, 0.15) is 28.8 Å². The zero-order valence-corrected chi connectivity index (χ0v) is 20.5. The molecule has 12 heteroatoms. The van der Waals surface area contributed by atoms with Gasteiger partial charge in [0.25, 0.3) is 0 Å². The number of carbonyl (C=O) groups is 6. The van der Waals surface area contributed by atoms with Crippen molar-refractivity contribution in [2.24, 2.45) is 29.4 Å². The van der Waals surface area contributed by atoms with Crippen molar-refractivity contribution >= 4 is 40.8 Å². The van der Waals surface area contributed by atoms with Crippen molar-refractivity contribution in [1.29, 1.82) is 0 Å². The van der Waals surface area contributed by atoms with Gasteiger partial charge in [0.05, 0.1) is 24.3 Å². The fourth-order valence-electron chi connectivity index (χ4n) is 6.20. The summed E-state index contributed by atoms with van der Waals surface area (Å²) in [5.41, 5.74) is 3.64. The van der Waals surface area contributed by atoms with Crippen molar-refractivity contribution in [3.63, 3.8) is 0 Å². The number of benzene rings is 2. The Balaban J connectivity index is 1.55. The maximum Gasteiger partial charge on any atom is 0.442 e. The molecule has 0 spiro atoms. The first-order valence-corrected chi connectivity index (χ1v) is 12.1. The number of phenolic OH excluding ortho intramolecular Hbond substituents is 1. The molecule has 2 amide bonds. The maximum absolute atomic E-state index is 14.1. The zero-order chi connectivity index (χ0) is 28.4. The molecule has 11 nitrogen and oxygen atoms in total. The molecule has 3 aliphatic rings. The van der Waals surface area contributed by atoms with Crippen LogP contribution in [0.2, 0.25) is 0 Å². The molecule has 2 aromatic carbocycles. The third kappa shape index (κ3) is 3.74. The number of aromatic hydroxyl groups is 1. The molecule has 5 atom stereocenters. The number of hydrogen-bond donors (Lipinski definition) is 3. The van der Waals surface area contributed by atoms with Gasteiger partial charge in [-0.3, -0.25) is 24.0 Å². The fourth-order valence-corrected chi connectivity index (χ4v) is 6.20. The molecular formula is C27H23FN2O9. The summed E-state index contributed by atoms with van der Waals surface area (Å²) in [6, 6.07) is 8.45. The summed E-state index contributed by atoms with van der Waals surface area (Å²) in [5, 5.41) is 21.7. The topological polar surface area (TPSA) is 181 Å². The molecule has 0 aromatic heterocycles. The first kappa shape index (κ1) is 26.2. The van der Waals surface area contributed by atoms with Crippen LogP contribution in [0.25, 0.3) is 11.1 Å². The van der Waals surface area contributed by atoms with E-state index in [4.69, 9.17) is 5.73 Å². The molecule has 2 fully saturated rings. The lowest BCUT2D eigenvalue weighted by Gasteiger charge is -2.48. The number of Topliss-reactive ketones (excluding diaryl/α,β-unsaturated/α-hetero) is 4. The third-order valence-corrected chi connectivity index (χ3v) is 8.03. The Bertz CT molecular complexity index is 1470. The molecule has 0 heterocycles. The summed E-state index contributed by atoms with van der Waals surface area (Å²) in [6.45, 7) is 0. The van der Waals surface area contributed by atoms with Crippen molar-refractivity contribution < 1.29 is 48.2 Å². The maximum atomic E-state index is 14.1. The molecule has 0 bridgehead atoms. The number of fused-ring (bicyclic) bond motifs is 3. The minimum atomic E-state index is -2.72. The number of aliphatic hydroxyl groups is 1. The molecule has 0 radical (unpaired) electrons. The van der Waals surface area contributed by atoms with Gasteiger partial charge in [-0.05, 0) is 53.6 Å². The van der Waals surface area contributed by atoms with E-state index in [0.29, 0.717) is 16.7 Å². The zero-order valence-electron chi connectivity index (χ0n) is 20.5. The van der Waals surface area contributed by atoms with Gasteiger partial charge in [0.1, 0.15) is 5.75 Å². The monoisotopic (exact) mass is 538 g/mol. The van der Waals surface area contributed by atoms with Gasteiger partial charge in [0.15, 0.2) is 34.7 Å². The Morgan fingerprint density at radius 3 is 2.33 bits per heavy atom. The number of anilines is 1. The highest BCUT2D eigenvalue weighted by molar-refractivity contribution is 6.31. The van der Waals surface area contributed by atoms with Gasteiger partial charge in [-0.2, -0.15) is 0 Å². The molecule has 39 heavy (non-hydrogen) atoms. The number of hydrogen-bond acceptors (Lipinski definition) is 9. The smallest absolute Gasteiger partial charge is 0.442 e. The minimum Gasteiger partial charge on any atom is -0.507 e. The molecule has 2 unspecified atom stereocenters. The minimum absolute atomic E-state index is 0.0367. The fraction of sp³-hybridized carbons (Fsp3) is 0.333. The highest BCUT2D eigenvalue weighted by atomic mass is 19.2. The molecule has 202 valence electrons. The van der Waals surface area contributed by atoms with Crippen molar-refractivity contribution in [2.45, 2.75) is 24.9 Å². The summed E-state index contributed by atoms with van der Waals surface area (Å²) in [7, 11) is 1.03. The molecule has 5 rings (SSSR count). The quantitative estimate of drug-likeness (QED) is 0.385. The van der Waals surface area contributed by atoms with Crippen molar-refractivity contribution in [1.82, 2.24) is 0 Å². The van der Waals surface area contributed by atoms with Gasteiger partial charge in [0, 0.05) is 12.3 Å². The summed E-state index contributed by atoms with van der Waals surface area (Å²) in [6.07, 6.45) is -1.59. The van der Waals surface area contributed by atoms with E-state index in [9.17, 15) is 43.5 Å². The molecule has 2 saturated carbocycles. The number of methoxy groups -OCH3 is 1. The molecule has 2 aromatic rings. The number of halogens is 1. The predicted octanol–water partition coefficient (Wildman–Crippen LogP) is 1.45. The first-order chi connectivity index (χ1) is 18.4. The van der Waals surface area contributed by atoms with E-state index >= 15 is 0 Å². The molecule has 3 aliphatic carbocycles. The number of rotatable bonds is 3. The van der Waals surface area contributed by atoms with Gasteiger partial charge in [-0.25, -0.2) is 4.79 Å². The van der Waals surface area contributed by atoms with Crippen molar-refractivity contribution in [3.8, 4) is 16.9 Å². The van der Waals surface area contributed by atoms with Crippen LogP contribution in [0.4, 0.5) is 15.0 Å². The van der Waals surface area contributed by atoms with E-state index < -0.39 is 76.6 Å². The van der Waals surface area contributed by atoms with Crippen LogP contribution >= 0.6 is 0 Å². The first-order valence-electron chi connectivity index (χ1n) is 12.1. The van der Waals surface area contributed by atoms with E-state index in [-0.39, 0.29) is 29.2 Å². The number of primary amides is 1. The largest absolute Gasteiger partial charge is 0.507 e. The Labute approximate surface area is 220 Å². The predicted molar refractivity (Wildman–Crippen MR) is 130 cm³/mol. The van der Waals surface area contributed by atoms with Crippen LogP contribution in [-0.4, -0.2) is 58.1 Å². The average molecular weight is 538 g/mol. The second kappa shape index (κ2) is 9.09. The van der Waals surface area contributed by atoms with Gasteiger partial charge in [0.2, 0.25) is 5.91 Å². The lowest BCUT2D eigenvalue weighted by Crippen LogP contribution is -2.68. The van der Waals surface area contributed by atoms with Gasteiger partial charge < -0.3 is 20.7 Å². The highest BCUT2D eigenvalue weighted by Crippen LogP contribution is 2.51. The summed E-state index contributed by atoms with van der Waals surface area (Å²) < 4.78 is 18.5. The van der Waals surface area contributed by atoms with Crippen molar-refractivity contribution in [2.75, 3.05) is 12.2 Å². The van der Waals surface area contributed by atoms with E-state index in [1.54, 1.807) is 6.07 Å². The van der Waals surface area contributed by atoms with Gasteiger partial charge >= 0.3 is 6.09 Å². The standard InChI is InChI=1S/C27H23FN2O9/c1-39-26(37)30(28)14-4-2-11(3-5-14)15-6-7-17(31)20-16(15)9-12-8-13-10-18(32)21(25(29)36)24(35)27(13,38)23(34)19(12)22(20)33/h2-7,12-13,19,21,31,38H,8-10H2,1H3,(H2,29,36)/t12-,13+,19?,21?,27+/m1/s1. The van der Waals surface area contributed by atoms with Crippen LogP contribution in [0.15, 0.2) is 36.4 Å². The number of nitrogens with zero attached hydrogens (tertiary/aromatic N) is 1. The summed E-state index contributed by atoms with van der Waals surface area (Å²) in [5.74, 6) is -11.0.